The van der Waals surface area contributed by atoms with Crippen molar-refractivity contribution >= 4 is 44.8 Å². The lowest BCUT2D eigenvalue weighted by Gasteiger charge is -2.12. The van der Waals surface area contributed by atoms with Crippen LogP contribution in [-0.2, 0) is 0 Å². The van der Waals surface area contributed by atoms with Gasteiger partial charge in [-0.1, -0.05) is 27.5 Å². The van der Waals surface area contributed by atoms with Crippen molar-refractivity contribution in [1.29, 1.82) is 5.41 Å². The molecule has 0 spiro atoms. The Bertz CT molecular complexity index is 1010. The number of nitrogens with zero attached hydrogens (tertiary/aromatic N) is 2. The van der Waals surface area contributed by atoms with Crippen molar-refractivity contribution in [2.75, 3.05) is 12.4 Å². The SMILES string of the molecule is COc1ccc(N=C(Nc2ccc(Br)c(C)c2)n2sc(C)cc2=N)cc1. The molecule has 5 nitrogen and oxygen atoms in total. The fourth-order valence-electron chi connectivity index (χ4n) is 2.38. The molecule has 2 aromatic carbocycles. The quantitative estimate of drug-likeness (QED) is 0.450. The van der Waals surface area contributed by atoms with Crippen molar-refractivity contribution in [2.24, 2.45) is 4.99 Å². The minimum Gasteiger partial charge on any atom is -0.497 e. The monoisotopic (exact) mass is 430 g/mol. The summed E-state index contributed by atoms with van der Waals surface area (Å²) >= 11 is 5.00. The van der Waals surface area contributed by atoms with E-state index in [1.807, 2.05) is 62.4 Å². The van der Waals surface area contributed by atoms with Crippen LogP contribution in [0.5, 0.6) is 5.75 Å². The maximum absolute atomic E-state index is 8.22. The fraction of sp³-hybridized carbons (Fsp3) is 0.158. The number of hydrogen-bond acceptors (Lipinski definition) is 4. The third-order valence-electron chi connectivity index (χ3n) is 3.71. The summed E-state index contributed by atoms with van der Waals surface area (Å²) < 4.78 is 8.03. The van der Waals surface area contributed by atoms with E-state index in [4.69, 9.17) is 15.1 Å². The summed E-state index contributed by atoms with van der Waals surface area (Å²) in [6, 6.07) is 15.3. The van der Waals surface area contributed by atoms with Gasteiger partial charge in [-0.15, -0.1) is 0 Å². The van der Waals surface area contributed by atoms with E-state index in [1.54, 1.807) is 11.1 Å². The Morgan fingerprint density at radius 3 is 2.46 bits per heavy atom. The number of benzene rings is 2. The molecule has 0 radical (unpaired) electrons. The average Bonchev–Trinajstić information content (AvgIpc) is 2.96. The summed E-state index contributed by atoms with van der Waals surface area (Å²) in [5.74, 6) is 1.36. The zero-order chi connectivity index (χ0) is 18.7. The Kier molecular flexibility index (Phi) is 5.58. The first-order chi connectivity index (χ1) is 12.5. The molecule has 0 saturated carbocycles. The Labute approximate surface area is 164 Å². The maximum atomic E-state index is 8.22. The van der Waals surface area contributed by atoms with Crippen LogP contribution in [-0.4, -0.2) is 17.0 Å². The van der Waals surface area contributed by atoms with Crippen LogP contribution < -0.4 is 15.5 Å². The van der Waals surface area contributed by atoms with Gasteiger partial charge in [0, 0.05) is 15.0 Å². The van der Waals surface area contributed by atoms with Gasteiger partial charge in [0.15, 0.2) is 0 Å². The second kappa shape index (κ2) is 7.88. The van der Waals surface area contributed by atoms with Gasteiger partial charge < -0.3 is 10.1 Å². The largest absolute Gasteiger partial charge is 0.497 e. The van der Waals surface area contributed by atoms with Crippen LogP contribution in [0.3, 0.4) is 0 Å². The van der Waals surface area contributed by atoms with Gasteiger partial charge in [0.25, 0.3) is 0 Å². The topological polar surface area (TPSA) is 62.4 Å². The van der Waals surface area contributed by atoms with Gasteiger partial charge in [-0.05, 0) is 67.9 Å². The molecule has 0 bridgehead atoms. The summed E-state index contributed by atoms with van der Waals surface area (Å²) in [7, 11) is 1.64. The van der Waals surface area contributed by atoms with E-state index in [9.17, 15) is 0 Å². The molecule has 0 amide bonds. The molecule has 7 heteroatoms. The molecule has 1 aromatic heterocycles. The number of hydrogen-bond donors (Lipinski definition) is 2. The van der Waals surface area contributed by atoms with E-state index < -0.39 is 0 Å². The highest BCUT2D eigenvalue weighted by atomic mass is 79.9. The zero-order valence-electron chi connectivity index (χ0n) is 14.7. The number of aryl methyl sites for hydroxylation is 2. The lowest BCUT2D eigenvalue weighted by atomic mass is 10.2. The zero-order valence-corrected chi connectivity index (χ0v) is 17.1. The van der Waals surface area contributed by atoms with Crippen LogP contribution in [0, 0.1) is 19.3 Å². The number of ether oxygens (including phenoxy) is 1. The number of aliphatic imine (C=N–C) groups is 1. The van der Waals surface area contributed by atoms with Crippen molar-refractivity contribution in [3.8, 4) is 5.75 Å². The second-order valence-corrected chi connectivity index (χ2v) is 7.79. The summed E-state index contributed by atoms with van der Waals surface area (Å²) in [6.07, 6.45) is 0. The molecule has 134 valence electrons. The number of aromatic nitrogens is 1. The first-order valence-electron chi connectivity index (χ1n) is 7.97. The van der Waals surface area contributed by atoms with Gasteiger partial charge in [-0.3, -0.25) is 5.41 Å². The first kappa shape index (κ1) is 18.4. The maximum Gasteiger partial charge on any atom is 0.223 e. The number of halogens is 1. The van der Waals surface area contributed by atoms with Gasteiger partial charge in [0.05, 0.1) is 12.8 Å². The molecule has 3 aromatic rings. The smallest absolute Gasteiger partial charge is 0.223 e. The molecule has 3 rings (SSSR count). The highest BCUT2D eigenvalue weighted by Crippen LogP contribution is 2.22. The van der Waals surface area contributed by atoms with Crippen LogP contribution in [0.25, 0.3) is 0 Å². The summed E-state index contributed by atoms with van der Waals surface area (Å²) in [5.41, 5.74) is 3.20. The summed E-state index contributed by atoms with van der Waals surface area (Å²) in [6.45, 7) is 4.02. The van der Waals surface area contributed by atoms with E-state index >= 15 is 0 Å². The lowest BCUT2D eigenvalue weighted by Crippen LogP contribution is -2.28. The van der Waals surface area contributed by atoms with Crippen LogP contribution in [0.4, 0.5) is 11.4 Å². The van der Waals surface area contributed by atoms with E-state index in [-0.39, 0.29) is 0 Å². The fourth-order valence-corrected chi connectivity index (χ4v) is 3.41. The van der Waals surface area contributed by atoms with Gasteiger partial charge in [-0.2, -0.15) is 0 Å². The molecular formula is C19H19BrN4OS. The number of nitrogens with one attached hydrogen (secondary N) is 2. The van der Waals surface area contributed by atoms with Crippen molar-refractivity contribution in [2.45, 2.75) is 13.8 Å². The third kappa shape index (κ3) is 4.23. The van der Waals surface area contributed by atoms with Gasteiger partial charge in [0.1, 0.15) is 11.2 Å². The average molecular weight is 431 g/mol. The molecule has 0 aliphatic carbocycles. The van der Waals surface area contributed by atoms with Crippen LogP contribution in [0.1, 0.15) is 10.4 Å². The molecule has 26 heavy (non-hydrogen) atoms. The third-order valence-corrected chi connectivity index (χ3v) is 5.56. The van der Waals surface area contributed by atoms with E-state index in [2.05, 4.69) is 21.2 Å². The van der Waals surface area contributed by atoms with Crippen molar-refractivity contribution in [3.05, 3.63) is 68.9 Å². The van der Waals surface area contributed by atoms with Crippen molar-refractivity contribution in [1.82, 2.24) is 3.96 Å². The number of anilines is 1. The van der Waals surface area contributed by atoms with E-state index in [1.165, 1.54) is 11.5 Å². The highest BCUT2D eigenvalue weighted by molar-refractivity contribution is 9.10. The highest BCUT2D eigenvalue weighted by Gasteiger charge is 2.09. The Balaban J connectivity index is 2.03. The van der Waals surface area contributed by atoms with E-state index in [0.717, 1.165) is 32.0 Å². The van der Waals surface area contributed by atoms with Crippen LogP contribution in [0.15, 0.2) is 58.0 Å². The predicted molar refractivity (Wildman–Crippen MR) is 111 cm³/mol. The standard InChI is InChI=1S/C19H19BrN4OS/c1-12-10-15(6-9-17(12)20)23-19(24-18(21)11-13(2)26-24)22-14-4-7-16(25-3)8-5-14/h4-11,21H,1-3H3,(H,22,23). The van der Waals surface area contributed by atoms with Gasteiger partial charge >= 0.3 is 0 Å². The molecule has 0 aliphatic heterocycles. The summed E-state index contributed by atoms with van der Waals surface area (Å²) in [4.78, 5) is 5.76. The van der Waals surface area contributed by atoms with Gasteiger partial charge in [-0.25, -0.2) is 8.95 Å². The Morgan fingerprint density at radius 2 is 1.88 bits per heavy atom. The molecule has 0 unspecified atom stereocenters. The van der Waals surface area contributed by atoms with E-state index in [0.29, 0.717) is 11.4 Å². The Morgan fingerprint density at radius 1 is 1.15 bits per heavy atom. The molecule has 0 fully saturated rings. The van der Waals surface area contributed by atoms with Crippen molar-refractivity contribution < 1.29 is 4.74 Å². The second-order valence-electron chi connectivity index (χ2n) is 5.75. The molecule has 0 saturated heterocycles. The minimum absolute atomic E-state index is 0.390. The Hall–Kier alpha value is -2.38. The van der Waals surface area contributed by atoms with Crippen LogP contribution >= 0.6 is 27.5 Å². The normalized spacial score (nSPS) is 11.5. The predicted octanol–water partition coefficient (Wildman–Crippen LogP) is 5.06. The molecule has 1 heterocycles. The molecular weight excluding hydrogens is 412 g/mol. The van der Waals surface area contributed by atoms with Crippen LogP contribution in [0.2, 0.25) is 0 Å². The molecule has 0 atom stereocenters. The minimum atomic E-state index is 0.390. The number of rotatable bonds is 3. The van der Waals surface area contributed by atoms with Crippen molar-refractivity contribution in [3.63, 3.8) is 0 Å². The first-order valence-corrected chi connectivity index (χ1v) is 9.54. The lowest BCUT2D eigenvalue weighted by molar-refractivity contribution is 0.415. The number of methoxy groups -OCH3 is 1. The summed E-state index contributed by atoms with van der Waals surface area (Å²) in [5, 5.41) is 11.6. The molecule has 2 N–H and O–H groups in total. The van der Waals surface area contributed by atoms with Gasteiger partial charge in [0.2, 0.25) is 5.96 Å². The molecule has 0 aliphatic rings.